The van der Waals surface area contributed by atoms with E-state index in [1.807, 2.05) is 24.5 Å². The van der Waals surface area contributed by atoms with E-state index in [0.717, 1.165) is 22.5 Å². The monoisotopic (exact) mass is 483 g/mol. The maximum Gasteiger partial charge on any atom is 0.329 e. The highest BCUT2D eigenvalue weighted by molar-refractivity contribution is 6.92. The van der Waals surface area contributed by atoms with Gasteiger partial charge in [-0.05, 0) is 69.6 Å². The Morgan fingerprint density at radius 1 is 0.447 bits per heavy atom. The van der Waals surface area contributed by atoms with Gasteiger partial charge in [0, 0.05) is 34.9 Å². The van der Waals surface area contributed by atoms with Gasteiger partial charge in [-0.2, -0.15) is 0 Å². The zero-order valence-corrected chi connectivity index (χ0v) is 20.6. The summed E-state index contributed by atoms with van der Waals surface area (Å²) in [6, 6.07) is 43.4. The van der Waals surface area contributed by atoms with Gasteiger partial charge < -0.3 is 4.81 Å². The van der Waals surface area contributed by atoms with Crippen molar-refractivity contribution >= 4 is 29.1 Å². The van der Waals surface area contributed by atoms with Crippen LogP contribution in [0.1, 0.15) is 0 Å². The lowest BCUT2D eigenvalue weighted by Crippen LogP contribution is -2.59. The van der Waals surface area contributed by atoms with E-state index in [2.05, 4.69) is 124 Å². The zero-order chi connectivity index (χ0) is 25.1. The third-order valence-corrected chi connectivity index (χ3v) is 7.78. The fourth-order valence-electron chi connectivity index (χ4n) is 6.13. The molecule has 4 heterocycles. The van der Waals surface area contributed by atoms with Crippen LogP contribution in [-0.4, -0.2) is 16.8 Å². The van der Waals surface area contributed by atoms with Gasteiger partial charge in [-0.1, -0.05) is 84.9 Å². The van der Waals surface area contributed by atoms with Crippen LogP contribution in [0.4, 0.5) is 11.4 Å². The second-order valence-electron chi connectivity index (χ2n) is 9.84. The van der Waals surface area contributed by atoms with Crippen molar-refractivity contribution in [2.75, 3.05) is 4.81 Å². The molecular weight excluding hydrogens is 461 g/mol. The number of pyridine rings is 2. The third-order valence-electron chi connectivity index (χ3n) is 7.78. The van der Waals surface area contributed by atoms with Crippen LogP contribution in [0.15, 0.2) is 134 Å². The Morgan fingerprint density at radius 3 is 1.39 bits per heavy atom. The van der Waals surface area contributed by atoms with E-state index in [1.54, 1.807) is 0 Å². The minimum Gasteiger partial charge on any atom is -0.376 e. The van der Waals surface area contributed by atoms with Crippen LogP contribution in [0.3, 0.4) is 0 Å². The summed E-state index contributed by atoms with van der Waals surface area (Å²) in [7, 11) is 0. The van der Waals surface area contributed by atoms with Gasteiger partial charge in [-0.3, -0.25) is 9.97 Å². The molecule has 2 aliphatic rings. The normalized spacial score (nSPS) is 12.6. The lowest BCUT2D eigenvalue weighted by atomic mass is 9.43. The summed E-state index contributed by atoms with van der Waals surface area (Å²) >= 11 is 0. The van der Waals surface area contributed by atoms with Crippen molar-refractivity contribution in [2.45, 2.75) is 0 Å². The van der Waals surface area contributed by atoms with Gasteiger partial charge in [0.1, 0.15) is 0 Å². The molecule has 0 saturated carbocycles. The number of hydrogen-bond acceptors (Lipinski definition) is 3. The van der Waals surface area contributed by atoms with Crippen molar-refractivity contribution in [3.8, 4) is 44.8 Å². The Bertz CT molecular complexity index is 1700. The molecule has 6 aromatic rings. The van der Waals surface area contributed by atoms with Crippen LogP contribution in [0.25, 0.3) is 44.8 Å². The number of anilines is 2. The predicted molar refractivity (Wildman–Crippen MR) is 157 cm³/mol. The number of nitrogens with zero attached hydrogens (tertiary/aromatic N) is 3. The molecule has 4 heteroatoms. The van der Waals surface area contributed by atoms with E-state index < -0.39 is 0 Å². The van der Waals surface area contributed by atoms with Crippen molar-refractivity contribution in [1.82, 2.24) is 9.97 Å². The minimum atomic E-state index is 0.0251. The van der Waals surface area contributed by atoms with Gasteiger partial charge >= 0.3 is 6.85 Å². The maximum absolute atomic E-state index is 4.66. The first-order valence-corrected chi connectivity index (χ1v) is 13.0. The van der Waals surface area contributed by atoms with Crippen molar-refractivity contribution in [3.63, 3.8) is 0 Å². The number of hydrogen-bond donors (Lipinski definition) is 0. The molecule has 0 aliphatic carbocycles. The Balaban J connectivity index is 1.44. The Hall–Kier alpha value is -4.96. The van der Waals surface area contributed by atoms with Gasteiger partial charge in [0.05, 0.1) is 11.4 Å². The molecule has 2 aliphatic heterocycles. The highest BCUT2D eigenvalue weighted by atomic mass is 15.1. The van der Waals surface area contributed by atoms with Gasteiger partial charge in [-0.15, -0.1) is 0 Å². The van der Waals surface area contributed by atoms with Gasteiger partial charge in [0.25, 0.3) is 0 Å². The van der Waals surface area contributed by atoms with Crippen LogP contribution < -0.4 is 15.7 Å². The number of aromatic nitrogens is 2. The molecule has 0 spiro atoms. The van der Waals surface area contributed by atoms with E-state index in [4.69, 9.17) is 0 Å². The van der Waals surface area contributed by atoms with Crippen molar-refractivity contribution < 1.29 is 0 Å². The maximum atomic E-state index is 4.66. The van der Waals surface area contributed by atoms with Crippen molar-refractivity contribution in [2.24, 2.45) is 0 Å². The molecule has 8 rings (SSSR count). The van der Waals surface area contributed by atoms with Gasteiger partial charge in [0.2, 0.25) is 0 Å². The summed E-state index contributed by atoms with van der Waals surface area (Å²) in [5, 5.41) is 0. The molecular formula is C34H22BN3. The van der Waals surface area contributed by atoms with Crippen LogP contribution in [0.2, 0.25) is 0 Å². The zero-order valence-electron chi connectivity index (χ0n) is 20.6. The summed E-state index contributed by atoms with van der Waals surface area (Å²) in [4.78, 5) is 11.8. The first-order chi connectivity index (χ1) is 18.9. The number of benzene rings is 4. The summed E-state index contributed by atoms with van der Waals surface area (Å²) < 4.78 is 0. The second-order valence-corrected chi connectivity index (χ2v) is 9.84. The average molecular weight is 483 g/mol. The van der Waals surface area contributed by atoms with Crippen LogP contribution >= 0.6 is 0 Å². The Labute approximate surface area is 222 Å². The SMILES string of the molecule is c1ccc(-c2ccc3c(c2)B2c4cc(-c5ccccn5)ccc4-c4ccccc4N2c2ccccc2-3)nc1. The van der Waals surface area contributed by atoms with Crippen LogP contribution in [0.5, 0.6) is 0 Å². The van der Waals surface area contributed by atoms with Gasteiger partial charge in [0.15, 0.2) is 0 Å². The molecule has 0 N–H and O–H groups in total. The molecule has 4 aromatic carbocycles. The van der Waals surface area contributed by atoms with E-state index >= 15 is 0 Å². The molecule has 2 aromatic heterocycles. The molecule has 0 atom stereocenters. The summed E-state index contributed by atoms with van der Waals surface area (Å²) in [6.45, 7) is 0.0251. The first kappa shape index (κ1) is 21.2. The fraction of sp³-hybridized carbons (Fsp3) is 0. The lowest BCUT2D eigenvalue weighted by Gasteiger charge is -2.43. The topological polar surface area (TPSA) is 29.0 Å². The molecule has 0 saturated heterocycles. The summed E-state index contributed by atoms with van der Waals surface area (Å²) in [6.07, 6.45) is 3.73. The van der Waals surface area contributed by atoms with Gasteiger partial charge in [-0.25, -0.2) is 0 Å². The number of fused-ring (bicyclic) bond motifs is 11. The average Bonchev–Trinajstić information content (AvgIpc) is 3.01. The molecule has 0 fully saturated rings. The minimum absolute atomic E-state index is 0.0251. The predicted octanol–water partition coefficient (Wildman–Crippen LogP) is 6.72. The third kappa shape index (κ3) is 3.10. The van der Waals surface area contributed by atoms with Crippen molar-refractivity contribution in [3.05, 3.63) is 134 Å². The molecule has 3 nitrogen and oxygen atoms in total. The van der Waals surface area contributed by atoms with E-state index in [1.165, 1.54) is 44.6 Å². The summed E-state index contributed by atoms with van der Waals surface area (Å²) in [5.41, 5.74) is 14.3. The van der Waals surface area contributed by atoms with Crippen molar-refractivity contribution in [1.29, 1.82) is 0 Å². The van der Waals surface area contributed by atoms with E-state index in [9.17, 15) is 0 Å². The number of para-hydroxylation sites is 2. The largest absolute Gasteiger partial charge is 0.376 e. The van der Waals surface area contributed by atoms with E-state index in [0.29, 0.717) is 0 Å². The lowest BCUT2D eigenvalue weighted by molar-refractivity contribution is 1.32. The van der Waals surface area contributed by atoms with Crippen LogP contribution in [0, 0.1) is 0 Å². The molecule has 176 valence electrons. The first-order valence-electron chi connectivity index (χ1n) is 13.0. The Morgan fingerprint density at radius 2 is 0.921 bits per heavy atom. The number of rotatable bonds is 2. The van der Waals surface area contributed by atoms with E-state index in [-0.39, 0.29) is 6.85 Å². The fourth-order valence-corrected chi connectivity index (χ4v) is 6.13. The Kier molecular flexibility index (Phi) is 4.62. The highest BCUT2D eigenvalue weighted by Gasteiger charge is 2.42. The van der Waals surface area contributed by atoms with Crippen LogP contribution in [-0.2, 0) is 0 Å². The smallest absolute Gasteiger partial charge is 0.329 e. The molecule has 0 amide bonds. The summed E-state index contributed by atoms with van der Waals surface area (Å²) in [5.74, 6) is 0. The quantitative estimate of drug-likeness (QED) is 0.256. The molecule has 0 bridgehead atoms. The standard InChI is InChI=1S/C34H22BN3/c1-3-13-33-27(9-1)25-17-15-23(31-11-5-7-19-36-31)21-29(25)35-30-22-24(32-12-6-8-20-37-32)16-18-26(30)28-10-2-4-14-34(28)38(33)35/h1-22H. The second kappa shape index (κ2) is 8.29. The molecule has 38 heavy (non-hydrogen) atoms. The highest BCUT2D eigenvalue weighted by Crippen LogP contribution is 2.46. The molecule has 0 unspecified atom stereocenters. The molecule has 0 radical (unpaired) electrons.